The molecule has 0 fully saturated rings. The first-order valence-corrected chi connectivity index (χ1v) is 11.2. The SMILES string of the molecule is Cc1ccc(CNC(=O)[C@@H](Cc2ccccc2)NS(=O)(=O)c2cccs2)cc1. The Morgan fingerprint density at radius 2 is 1.68 bits per heavy atom. The lowest BCUT2D eigenvalue weighted by molar-refractivity contribution is -0.122. The first kappa shape index (κ1) is 20.3. The standard InChI is InChI=1S/C21H22N2O3S2/c1-16-9-11-18(12-10-16)15-22-21(24)19(14-17-6-3-2-4-7-17)23-28(25,26)20-8-5-13-27-20/h2-13,19,23H,14-15H2,1H3,(H,22,24)/t19-/m1/s1. The molecule has 1 aromatic heterocycles. The van der Waals surface area contributed by atoms with Crippen LogP contribution in [0.2, 0.25) is 0 Å². The van der Waals surface area contributed by atoms with Gasteiger partial charge >= 0.3 is 0 Å². The van der Waals surface area contributed by atoms with E-state index in [-0.39, 0.29) is 16.5 Å². The van der Waals surface area contributed by atoms with Gasteiger partial charge in [0.2, 0.25) is 5.91 Å². The summed E-state index contributed by atoms with van der Waals surface area (Å²) in [6, 6.07) is 19.5. The van der Waals surface area contributed by atoms with Crippen molar-refractivity contribution in [3.63, 3.8) is 0 Å². The van der Waals surface area contributed by atoms with Gasteiger partial charge in [-0.1, -0.05) is 66.2 Å². The molecule has 0 aliphatic rings. The number of amides is 1. The summed E-state index contributed by atoms with van der Waals surface area (Å²) in [5.41, 5.74) is 2.98. The summed E-state index contributed by atoms with van der Waals surface area (Å²) in [6.07, 6.45) is 0.269. The first-order valence-electron chi connectivity index (χ1n) is 8.87. The van der Waals surface area contributed by atoms with Crippen molar-refractivity contribution in [2.75, 3.05) is 0 Å². The third-order valence-corrected chi connectivity index (χ3v) is 7.11. The molecule has 0 aliphatic heterocycles. The fraction of sp³-hybridized carbons (Fsp3) is 0.190. The summed E-state index contributed by atoms with van der Waals surface area (Å²) in [7, 11) is -3.76. The molecule has 0 saturated carbocycles. The van der Waals surface area contributed by atoms with Gasteiger partial charge in [-0.3, -0.25) is 4.79 Å². The lowest BCUT2D eigenvalue weighted by Crippen LogP contribution is -2.47. The third kappa shape index (κ3) is 5.51. The Morgan fingerprint density at radius 1 is 0.964 bits per heavy atom. The summed E-state index contributed by atoms with van der Waals surface area (Å²) in [5, 5.41) is 4.54. The predicted octanol–water partition coefficient (Wildman–Crippen LogP) is 3.26. The Balaban J connectivity index is 1.74. The van der Waals surface area contributed by atoms with Gasteiger partial charge in [-0.15, -0.1) is 11.3 Å². The quantitative estimate of drug-likeness (QED) is 0.594. The lowest BCUT2D eigenvalue weighted by Gasteiger charge is -2.18. The van der Waals surface area contributed by atoms with E-state index in [1.807, 2.05) is 61.5 Å². The summed E-state index contributed by atoms with van der Waals surface area (Å²) >= 11 is 1.12. The van der Waals surface area contributed by atoms with Crippen molar-refractivity contribution in [3.05, 3.63) is 88.8 Å². The number of hydrogen-bond donors (Lipinski definition) is 2. The molecule has 0 aliphatic carbocycles. The van der Waals surface area contributed by atoms with E-state index in [1.165, 1.54) is 6.07 Å². The maximum atomic E-state index is 12.8. The molecule has 146 valence electrons. The van der Waals surface area contributed by atoms with Crippen LogP contribution in [-0.4, -0.2) is 20.4 Å². The van der Waals surface area contributed by atoms with Gasteiger partial charge in [0.25, 0.3) is 10.0 Å². The highest BCUT2D eigenvalue weighted by molar-refractivity contribution is 7.91. The van der Waals surface area contributed by atoms with Crippen molar-refractivity contribution in [2.24, 2.45) is 0 Å². The maximum absolute atomic E-state index is 12.8. The Morgan fingerprint density at radius 3 is 2.32 bits per heavy atom. The molecule has 5 nitrogen and oxygen atoms in total. The van der Waals surface area contributed by atoms with Crippen LogP contribution in [0.3, 0.4) is 0 Å². The van der Waals surface area contributed by atoms with E-state index in [1.54, 1.807) is 11.4 Å². The van der Waals surface area contributed by atoms with E-state index in [2.05, 4.69) is 10.0 Å². The maximum Gasteiger partial charge on any atom is 0.250 e. The molecule has 0 unspecified atom stereocenters. The highest BCUT2D eigenvalue weighted by Gasteiger charge is 2.26. The van der Waals surface area contributed by atoms with E-state index in [9.17, 15) is 13.2 Å². The molecule has 0 saturated heterocycles. The molecular formula is C21H22N2O3S2. The Labute approximate surface area is 169 Å². The zero-order valence-electron chi connectivity index (χ0n) is 15.5. The number of nitrogens with one attached hydrogen (secondary N) is 2. The number of thiophene rings is 1. The number of hydrogen-bond acceptors (Lipinski definition) is 4. The first-order chi connectivity index (χ1) is 13.4. The van der Waals surface area contributed by atoms with Gasteiger partial charge in [-0.2, -0.15) is 4.72 Å². The smallest absolute Gasteiger partial charge is 0.250 e. The minimum absolute atomic E-state index is 0.192. The number of sulfonamides is 1. The van der Waals surface area contributed by atoms with Crippen LogP contribution in [0.25, 0.3) is 0 Å². The molecule has 0 bridgehead atoms. The summed E-state index contributed by atoms with van der Waals surface area (Å²) in [6.45, 7) is 2.34. The predicted molar refractivity (Wildman–Crippen MR) is 112 cm³/mol. The summed E-state index contributed by atoms with van der Waals surface area (Å²) in [5.74, 6) is -0.357. The number of carbonyl (C=O) groups is 1. The Hall–Kier alpha value is -2.48. The average Bonchev–Trinajstić information content (AvgIpc) is 3.23. The summed E-state index contributed by atoms with van der Waals surface area (Å²) < 4.78 is 28.0. The Bertz CT molecular complexity index is 1000. The van der Waals surface area contributed by atoms with E-state index >= 15 is 0 Å². The lowest BCUT2D eigenvalue weighted by atomic mass is 10.1. The molecule has 0 radical (unpaired) electrons. The van der Waals surface area contributed by atoms with Gasteiger partial charge in [-0.05, 0) is 35.9 Å². The largest absolute Gasteiger partial charge is 0.351 e. The fourth-order valence-electron chi connectivity index (χ4n) is 2.72. The molecule has 0 spiro atoms. The van der Waals surface area contributed by atoms with Crippen LogP contribution in [0, 0.1) is 6.92 Å². The van der Waals surface area contributed by atoms with Gasteiger partial charge in [-0.25, -0.2) is 8.42 Å². The van der Waals surface area contributed by atoms with Crippen molar-refractivity contribution in [1.82, 2.24) is 10.0 Å². The molecule has 3 rings (SSSR count). The molecule has 7 heteroatoms. The minimum Gasteiger partial charge on any atom is -0.351 e. The van der Waals surface area contributed by atoms with Crippen molar-refractivity contribution in [1.29, 1.82) is 0 Å². The van der Waals surface area contributed by atoms with Crippen molar-refractivity contribution in [3.8, 4) is 0 Å². The summed E-state index contributed by atoms with van der Waals surface area (Å²) in [4.78, 5) is 12.8. The highest BCUT2D eigenvalue weighted by Crippen LogP contribution is 2.17. The van der Waals surface area contributed by atoms with Crippen molar-refractivity contribution in [2.45, 2.75) is 30.1 Å². The van der Waals surface area contributed by atoms with E-state index in [4.69, 9.17) is 0 Å². The topological polar surface area (TPSA) is 75.3 Å². The van der Waals surface area contributed by atoms with Crippen molar-refractivity contribution >= 4 is 27.3 Å². The second-order valence-electron chi connectivity index (χ2n) is 6.50. The van der Waals surface area contributed by atoms with Crippen molar-refractivity contribution < 1.29 is 13.2 Å². The second kappa shape index (κ2) is 9.14. The molecule has 2 N–H and O–H groups in total. The van der Waals surface area contributed by atoms with Crippen LogP contribution >= 0.6 is 11.3 Å². The van der Waals surface area contributed by atoms with Crippen LogP contribution in [0.5, 0.6) is 0 Å². The zero-order valence-corrected chi connectivity index (χ0v) is 17.1. The van der Waals surface area contributed by atoms with E-state index in [0.717, 1.165) is 28.0 Å². The van der Waals surface area contributed by atoms with Crippen LogP contribution in [0.15, 0.2) is 76.3 Å². The van der Waals surface area contributed by atoms with E-state index in [0.29, 0.717) is 6.54 Å². The minimum atomic E-state index is -3.76. The normalized spacial score (nSPS) is 12.5. The third-order valence-electron chi connectivity index (χ3n) is 4.24. The van der Waals surface area contributed by atoms with E-state index < -0.39 is 16.1 Å². The average molecular weight is 415 g/mol. The Kier molecular flexibility index (Phi) is 6.61. The van der Waals surface area contributed by atoms with Crippen LogP contribution in [0.1, 0.15) is 16.7 Å². The van der Waals surface area contributed by atoms with Crippen LogP contribution in [0.4, 0.5) is 0 Å². The molecule has 28 heavy (non-hydrogen) atoms. The number of rotatable bonds is 8. The molecule has 1 amide bonds. The van der Waals surface area contributed by atoms with Crippen LogP contribution in [-0.2, 0) is 27.8 Å². The zero-order chi connectivity index (χ0) is 20.0. The van der Waals surface area contributed by atoms with Gasteiger partial charge in [0, 0.05) is 6.54 Å². The highest BCUT2D eigenvalue weighted by atomic mass is 32.2. The second-order valence-corrected chi connectivity index (χ2v) is 9.39. The molecular weight excluding hydrogens is 392 g/mol. The molecule has 1 heterocycles. The molecule has 1 atom stereocenters. The fourth-order valence-corrected chi connectivity index (χ4v) is 4.92. The monoisotopic (exact) mass is 414 g/mol. The van der Waals surface area contributed by atoms with Gasteiger partial charge < -0.3 is 5.32 Å². The number of carbonyl (C=O) groups excluding carboxylic acids is 1. The van der Waals surface area contributed by atoms with Gasteiger partial charge in [0.15, 0.2) is 0 Å². The molecule has 3 aromatic rings. The molecule has 2 aromatic carbocycles. The van der Waals surface area contributed by atoms with Gasteiger partial charge in [0.05, 0.1) is 0 Å². The van der Waals surface area contributed by atoms with Gasteiger partial charge in [0.1, 0.15) is 10.3 Å². The number of benzene rings is 2. The van der Waals surface area contributed by atoms with Crippen LogP contribution < -0.4 is 10.0 Å². The number of aryl methyl sites for hydroxylation is 1.